The molecule has 0 aliphatic carbocycles. The van der Waals surface area contributed by atoms with Crippen LogP contribution in [0.1, 0.15) is 0 Å². The summed E-state index contributed by atoms with van der Waals surface area (Å²) in [5.41, 5.74) is 14.3. The third kappa shape index (κ3) is 5.62. The fourth-order valence-corrected chi connectivity index (χ4v) is 7.86. The molecule has 0 bridgehead atoms. The Morgan fingerprint density at radius 1 is 0.315 bits per heavy atom. The number of fused-ring (bicyclic) bond motifs is 5. The minimum atomic E-state index is 0.890. The molecule has 1 heterocycles. The molecule has 9 aromatic carbocycles. The molecule has 0 amide bonds. The zero-order valence-electron chi connectivity index (χ0n) is 29.6. The van der Waals surface area contributed by atoms with E-state index in [4.69, 9.17) is 4.42 Å². The molecule has 0 spiro atoms. The summed E-state index contributed by atoms with van der Waals surface area (Å²) in [7, 11) is 0. The molecule has 10 rings (SSSR count). The van der Waals surface area contributed by atoms with Crippen LogP contribution in [0.15, 0.2) is 217 Å². The Balaban J connectivity index is 1.16. The molecule has 2 nitrogen and oxygen atoms in total. The van der Waals surface area contributed by atoms with Gasteiger partial charge in [0.2, 0.25) is 0 Å². The van der Waals surface area contributed by atoms with Crippen LogP contribution in [-0.2, 0) is 0 Å². The average molecular weight is 690 g/mol. The maximum absolute atomic E-state index is 6.50. The summed E-state index contributed by atoms with van der Waals surface area (Å²) in [6.45, 7) is 0. The largest absolute Gasteiger partial charge is 0.456 e. The Bertz CT molecular complexity index is 2910. The summed E-state index contributed by atoms with van der Waals surface area (Å²) in [6, 6.07) is 75.9. The molecule has 54 heavy (non-hydrogen) atoms. The van der Waals surface area contributed by atoms with Crippen molar-refractivity contribution in [3.8, 4) is 44.5 Å². The van der Waals surface area contributed by atoms with E-state index in [1.165, 1.54) is 32.8 Å². The summed E-state index contributed by atoms with van der Waals surface area (Å²) in [5.74, 6) is 0. The van der Waals surface area contributed by atoms with Gasteiger partial charge in [0.15, 0.2) is 0 Å². The lowest BCUT2D eigenvalue weighted by atomic mass is 9.94. The molecule has 0 atom stereocenters. The minimum Gasteiger partial charge on any atom is -0.456 e. The van der Waals surface area contributed by atoms with Crippen LogP contribution in [0.2, 0.25) is 0 Å². The molecule has 2 heteroatoms. The summed E-state index contributed by atoms with van der Waals surface area (Å²) in [5, 5.41) is 4.73. The van der Waals surface area contributed by atoms with Crippen molar-refractivity contribution in [2.75, 3.05) is 4.90 Å². The highest BCUT2D eigenvalue weighted by Crippen LogP contribution is 2.46. The first kappa shape index (κ1) is 31.6. The third-order valence-electron chi connectivity index (χ3n) is 10.5. The predicted octanol–water partition coefficient (Wildman–Crippen LogP) is 14.9. The first-order valence-corrected chi connectivity index (χ1v) is 18.4. The van der Waals surface area contributed by atoms with Gasteiger partial charge >= 0.3 is 0 Å². The van der Waals surface area contributed by atoms with E-state index >= 15 is 0 Å². The van der Waals surface area contributed by atoms with Gasteiger partial charge in [-0.3, -0.25) is 0 Å². The van der Waals surface area contributed by atoms with Gasteiger partial charge in [0, 0.05) is 27.6 Å². The molecule has 0 aliphatic rings. The van der Waals surface area contributed by atoms with Gasteiger partial charge in [-0.05, 0) is 92.7 Å². The summed E-state index contributed by atoms with van der Waals surface area (Å²) < 4.78 is 6.50. The van der Waals surface area contributed by atoms with Gasteiger partial charge in [0.05, 0.1) is 11.4 Å². The molecule has 0 N–H and O–H groups in total. The van der Waals surface area contributed by atoms with Crippen LogP contribution in [0.3, 0.4) is 0 Å². The van der Waals surface area contributed by atoms with Crippen LogP contribution in [0.4, 0.5) is 17.1 Å². The van der Waals surface area contributed by atoms with Crippen LogP contribution in [0.5, 0.6) is 0 Å². The Kier molecular flexibility index (Phi) is 7.85. The molecule has 0 radical (unpaired) electrons. The smallest absolute Gasteiger partial charge is 0.136 e. The van der Waals surface area contributed by atoms with Gasteiger partial charge < -0.3 is 9.32 Å². The number of benzene rings is 9. The zero-order valence-corrected chi connectivity index (χ0v) is 29.6. The second kappa shape index (κ2) is 13.4. The highest BCUT2D eigenvalue weighted by atomic mass is 16.3. The highest BCUT2D eigenvalue weighted by Gasteiger charge is 2.22. The van der Waals surface area contributed by atoms with Crippen molar-refractivity contribution in [2.24, 2.45) is 0 Å². The number of para-hydroxylation sites is 1. The molecule has 0 saturated heterocycles. The van der Waals surface area contributed by atoms with E-state index in [2.05, 4.69) is 217 Å². The SMILES string of the molecule is c1ccc(-c2ccc(N(c3ccccc3-c3ccccc3)c3ccc(-c4ccc5c(c4)oc4ccc6ccccc6c45)cc3-c3ccccc3)cc2)cc1. The van der Waals surface area contributed by atoms with Gasteiger partial charge in [0.1, 0.15) is 11.2 Å². The molecule has 0 aliphatic heterocycles. The Morgan fingerprint density at radius 3 is 1.63 bits per heavy atom. The maximum Gasteiger partial charge on any atom is 0.136 e. The van der Waals surface area contributed by atoms with Gasteiger partial charge in [-0.2, -0.15) is 0 Å². The average Bonchev–Trinajstić information content (AvgIpc) is 3.64. The molecular weight excluding hydrogens is 655 g/mol. The maximum atomic E-state index is 6.50. The van der Waals surface area contributed by atoms with Crippen molar-refractivity contribution in [3.63, 3.8) is 0 Å². The van der Waals surface area contributed by atoms with Crippen LogP contribution in [0, 0.1) is 0 Å². The quantitative estimate of drug-likeness (QED) is 0.166. The lowest BCUT2D eigenvalue weighted by molar-refractivity contribution is 0.669. The van der Waals surface area contributed by atoms with Crippen LogP contribution in [0.25, 0.3) is 77.2 Å². The van der Waals surface area contributed by atoms with Crippen molar-refractivity contribution in [1.82, 2.24) is 0 Å². The monoisotopic (exact) mass is 689 g/mol. The Labute approximate surface area is 314 Å². The topological polar surface area (TPSA) is 16.4 Å². The number of anilines is 3. The molecule has 1 aromatic heterocycles. The van der Waals surface area contributed by atoms with Crippen molar-refractivity contribution < 1.29 is 4.42 Å². The Morgan fingerprint density at radius 2 is 0.870 bits per heavy atom. The first-order chi connectivity index (χ1) is 26.8. The first-order valence-electron chi connectivity index (χ1n) is 18.4. The molecule has 0 unspecified atom stereocenters. The van der Waals surface area contributed by atoms with Crippen molar-refractivity contribution in [2.45, 2.75) is 0 Å². The summed E-state index contributed by atoms with van der Waals surface area (Å²) >= 11 is 0. The fourth-order valence-electron chi connectivity index (χ4n) is 7.86. The zero-order chi connectivity index (χ0) is 35.8. The van der Waals surface area contributed by atoms with Crippen molar-refractivity contribution >= 4 is 49.8 Å². The second-order valence-electron chi connectivity index (χ2n) is 13.7. The van der Waals surface area contributed by atoms with Gasteiger partial charge in [0.25, 0.3) is 0 Å². The van der Waals surface area contributed by atoms with E-state index in [9.17, 15) is 0 Å². The summed E-state index contributed by atoms with van der Waals surface area (Å²) in [4.78, 5) is 2.41. The Hall–Kier alpha value is -7.16. The van der Waals surface area contributed by atoms with E-state index in [0.717, 1.165) is 61.4 Å². The number of hydrogen-bond donors (Lipinski definition) is 0. The number of rotatable bonds is 7. The van der Waals surface area contributed by atoms with Gasteiger partial charge in [-0.15, -0.1) is 0 Å². The van der Waals surface area contributed by atoms with Gasteiger partial charge in [-0.25, -0.2) is 0 Å². The van der Waals surface area contributed by atoms with Crippen LogP contribution in [-0.4, -0.2) is 0 Å². The standard InChI is InChI=1S/C52H35NO/c1-4-14-36(15-5-1)37-24-29-43(30-25-37)53(48-23-13-12-21-44(48)38-16-6-2-7-17-38)49-32-27-41(34-47(49)39-18-8-3-9-19-39)42-26-31-46-51(35-42)54-50-33-28-40-20-10-11-22-45(40)52(46)50/h1-35H. The van der Waals surface area contributed by atoms with E-state index in [1.54, 1.807) is 0 Å². The van der Waals surface area contributed by atoms with E-state index in [0.29, 0.717) is 0 Å². The molecule has 0 fully saturated rings. The third-order valence-corrected chi connectivity index (χ3v) is 10.5. The predicted molar refractivity (Wildman–Crippen MR) is 228 cm³/mol. The lowest BCUT2D eigenvalue weighted by Gasteiger charge is -2.30. The van der Waals surface area contributed by atoms with E-state index in [-0.39, 0.29) is 0 Å². The van der Waals surface area contributed by atoms with Crippen LogP contribution >= 0.6 is 0 Å². The molecule has 0 saturated carbocycles. The fraction of sp³-hybridized carbons (Fsp3) is 0. The molecule has 10 aromatic rings. The van der Waals surface area contributed by atoms with E-state index in [1.807, 2.05) is 0 Å². The number of hydrogen-bond acceptors (Lipinski definition) is 2. The molecular formula is C52H35NO. The van der Waals surface area contributed by atoms with Crippen molar-refractivity contribution in [3.05, 3.63) is 212 Å². The molecule has 254 valence electrons. The van der Waals surface area contributed by atoms with E-state index < -0.39 is 0 Å². The van der Waals surface area contributed by atoms with Crippen LogP contribution < -0.4 is 4.90 Å². The second-order valence-corrected chi connectivity index (χ2v) is 13.7. The van der Waals surface area contributed by atoms with Crippen molar-refractivity contribution in [1.29, 1.82) is 0 Å². The highest BCUT2D eigenvalue weighted by molar-refractivity contribution is 6.19. The number of furan rings is 1. The van der Waals surface area contributed by atoms with Gasteiger partial charge in [-0.1, -0.05) is 164 Å². The minimum absolute atomic E-state index is 0.890. The lowest BCUT2D eigenvalue weighted by Crippen LogP contribution is -2.12. The normalized spacial score (nSPS) is 11.3. The number of nitrogens with zero attached hydrogens (tertiary/aromatic N) is 1. The summed E-state index contributed by atoms with van der Waals surface area (Å²) in [6.07, 6.45) is 0.